The number of aliphatic hydroxyl groups is 3. The molecule has 5 N–H and O–H groups in total. The van der Waals surface area contributed by atoms with Crippen molar-refractivity contribution < 1.29 is 48.5 Å². The molecule has 0 spiro atoms. The summed E-state index contributed by atoms with van der Waals surface area (Å²) < 4.78 is 40.6. The van der Waals surface area contributed by atoms with Crippen LogP contribution in [0.5, 0.6) is 0 Å². The van der Waals surface area contributed by atoms with E-state index in [0.717, 1.165) is 12.8 Å². The number of unbranched alkanes of at least 4 members (excludes halogenated alkanes) is 1. The minimum atomic E-state index is -0.942. The lowest BCUT2D eigenvalue weighted by Crippen LogP contribution is -2.55. The predicted octanol–water partition coefficient (Wildman–Crippen LogP) is 3.94. The van der Waals surface area contributed by atoms with Crippen LogP contribution in [-0.4, -0.2) is 124 Å². The lowest BCUT2D eigenvalue weighted by Gasteiger charge is -2.43. The third-order valence-electron chi connectivity index (χ3n) is 7.85. The van der Waals surface area contributed by atoms with Gasteiger partial charge in [0.2, 0.25) is 0 Å². The molecule has 0 aromatic carbocycles. The first kappa shape index (κ1) is 43.3. The maximum absolute atomic E-state index is 10.1. The lowest BCUT2D eigenvalue weighted by molar-refractivity contribution is -0.165. The molecule has 12 heteroatoms. The lowest BCUT2D eigenvalue weighted by atomic mass is 9.83. The van der Waals surface area contributed by atoms with Gasteiger partial charge in [-0.25, -0.2) is 0 Å². The van der Waals surface area contributed by atoms with E-state index in [2.05, 4.69) is 6.07 Å². The number of ether oxygens (including phenoxy) is 7. The zero-order valence-electron chi connectivity index (χ0n) is 29.6. The van der Waals surface area contributed by atoms with E-state index >= 15 is 0 Å². The van der Waals surface area contributed by atoms with Gasteiger partial charge in [0, 0.05) is 36.5 Å². The Bertz CT molecular complexity index is 866. The minimum absolute atomic E-state index is 0.148. The zero-order valence-corrected chi connectivity index (χ0v) is 30.4. The number of hydrogen-bond donors (Lipinski definition) is 4. The summed E-state index contributed by atoms with van der Waals surface area (Å²) in [5.41, 5.74) is 4.32. The van der Waals surface area contributed by atoms with Crippen LogP contribution in [0.1, 0.15) is 79.0 Å². The van der Waals surface area contributed by atoms with E-state index in [1.54, 1.807) is 11.3 Å². The highest BCUT2D eigenvalue weighted by Gasteiger charge is 2.40. The van der Waals surface area contributed by atoms with Crippen LogP contribution in [0.3, 0.4) is 0 Å². The first-order chi connectivity index (χ1) is 21.6. The average Bonchev–Trinajstić information content (AvgIpc) is 3.50. The van der Waals surface area contributed by atoms with E-state index in [1.165, 1.54) is 4.88 Å². The summed E-state index contributed by atoms with van der Waals surface area (Å²) in [6.07, 6.45) is 2.24. The van der Waals surface area contributed by atoms with Gasteiger partial charge in [0.15, 0.2) is 0 Å². The first-order valence-electron chi connectivity index (χ1n) is 16.6. The molecule has 0 aliphatic heterocycles. The molecule has 0 bridgehead atoms. The van der Waals surface area contributed by atoms with Crippen LogP contribution in [0.4, 0.5) is 0 Å². The second-order valence-electron chi connectivity index (χ2n) is 13.9. The zero-order chi connectivity index (χ0) is 34.5. The Balaban J connectivity index is 2.21. The fraction of sp³-hybridized carbons (Fsp3) is 0.882. The molecule has 0 aliphatic carbocycles. The number of rotatable bonds is 30. The molecule has 272 valence electrons. The molecular weight excluding hydrogens is 614 g/mol. The molecule has 46 heavy (non-hydrogen) atoms. The maximum atomic E-state index is 10.1. The molecule has 3 unspecified atom stereocenters. The molecule has 0 radical (unpaired) electrons. The maximum Gasteiger partial charge on any atom is 0.121 e. The molecule has 0 amide bonds. The molecule has 1 heterocycles. The Morgan fingerprint density at radius 3 is 1.87 bits per heavy atom. The van der Waals surface area contributed by atoms with Crippen LogP contribution >= 0.6 is 11.3 Å². The van der Waals surface area contributed by atoms with Gasteiger partial charge in [0.25, 0.3) is 0 Å². The molecular formula is C34H65NO10S. The molecule has 0 aliphatic rings. The van der Waals surface area contributed by atoms with Crippen LogP contribution in [0.2, 0.25) is 0 Å². The van der Waals surface area contributed by atoms with Gasteiger partial charge in [0.1, 0.15) is 17.9 Å². The van der Waals surface area contributed by atoms with Crippen LogP contribution < -0.4 is 5.73 Å². The van der Waals surface area contributed by atoms with Gasteiger partial charge < -0.3 is 54.2 Å². The van der Waals surface area contributed by atoms with E-state index in [1.807, 2.05) is 59.9 Å². The Labute approximate surface area is 282 Å². The van der Waals surface area contributed by atoms with Crippen LogP contribution in [-0.2, 0) is 39.6 Å². The second-order valence-corrected chi connectivity index (χ2v) is 14.9. The van der Waals surface area contributed by atoms with Gasteiger partial charge in [-0.3, -0.25) is 0 Å². The van der Waals surface area contributed by atoms with Crippen molar-refractivity contribution in [3.63, 3.8) is 0 Å². The normalized spacial score (nSPS) is 15.6. The molecule has 0 saturated carbocycles. The summed E-state index contributed by atoms with van der Waals surface area (Å²) in [7, 11) is 0. The number of thiophene rings is 1. The minimum Gasteiger partial charge on any atom is -0.396 e. The number of aliphatic hydroxyl groups excluding tert-OH is 3. The first-order valence-corrected chi connectivity index (χ1v) is 17.5. The highest BCUT2D eigenvalue weighted by molar-refractivity contribution is 7.09. The molecule has 3 atom stereocenters. The van der Waals surface area contributed by atoms with Gasteiger partial charge in [-0.05, 0) is 71.7 Å². The highest BCUT2D eigenvalue weighted by atomic mass is 32.1. The number of hydrogen-bond acceptors (Lipinski definition) is 12. The Morgan fingerprint density at radius 2 is 1.26 bits per heavy atom. The molecule has 0 saturated heterocycles. The predicted molar refractivity (Wildman–Crippen MR) is 181 cm³/mol. The monoisotopic (exact) mass is 679 g/mol. The molecule has 1 aromatic rings. The molecule has 1 aromatic heterocycles. The van der Waals surface area contributed by atoms with Crippen molar-refractivity contribution in [1.82, 2.24) is 0 Å². The Morgan fingerprint density at radius 1 is 0.696 bits per heavy atom. The second kappa shape index (κ2) is 22.8. The summed E-state index contributed by atoms with van der Waals surface area (Å²) in [5.74, 6) is 0. The van der Waals surface area contributed by atoms with Crippen molar-refractivity contribution in [3.8, 4) is 0 Å². The van der Waals surface area contributed by atoms with E-state index in [0.29, 0.717) is 65.5 Å². The van der Waals surface area contributed by atoms with Crippen molar-refractivity contribution in [3.05, 3.63) is 22.4 Å². The van der Waals surface area contributed by atoms with Crippen molar-refractivity contribution in [2.75, 3.05) is 79.3 Å². The highest BCUT2D eigenvalue weighted by Crippen LogP contribution is 2.33. The van der Waals surface area contributed by atoms with Crippen molar-refractivity contribution in [2.45, 2.75) is 110 Å². The summed E-state index contributed by atoms with van der Waals surface area (Å²) in [4.78, 5) is 1.27. The topological polar surface area (TPSA) is 151 Å². The van der Waals surface area contributed by atoms with Crippen LogP contribution in [0.15, 0.2) is 17.5 Å². The Hall–Kier alpha value is -0.740. The van der Waals surface area contributed by atoms with Gasteiger partial charge >= 0.3 is 0 Å². The smallest absolute Gasteiger partial charge is 0.121 e. The van der Waals surface area contributed by atoms with Crippen molar-refractivity contribution in [1.29, 1.82) is 0 Å². The average molecular weight is 680 g/mol. The van der Waals surface area contributed by atoms with Gasteiger partial charge in [-0.1, -0.05) is 19.9 Å². The van der Waals surface area contributed by atoms with Gasteiger partial charge in [0.05, 0.1) is 70.7 Å². The summed E-state index contributed by atoms with van der Waals surface area (Å²) in [5, 5.41) is 30.9. The van der Waals surface area contributed by atoms with Crippen molar-refractivity contribution in [2.24, 2.45) is 11.1 Å². The molecule has 11 nitrogen and oxygen atoms in total. The molecule has 0 fully saturated rings. The van der Waals surface area contributed by atoms with E-state index in [9.17, 15) is 10.2 Å². The standard InChI is InChI=1S/C34H65NO10S/c1-31(2,27-45-33(5,6)13-18-41-25-28(37)23-39-16-9-8-15-36)34(7,35)44-19-14-32(3,4)43-21-20-42-26-29(38)24-40-17-12-30-11-10-22-46-30/h10-11,22,28-29,36-38H,8-9,12-21,23-27,35H2,1-7H3. The van der Waals surface area contributed by atoms with Crippen LogP contribution in [0, 0.1) is 5.41 Å². The third-order valence-corrected chi connectivity index (χ3v) is 8.79. The summed E-state index contributed by atoms with van der Waals surface area (Å²) in [6.45, 7) is 18.1. The van der Waals surface area contributed by atoms with E-state index in [4.69, 9.17) is 44.0 Å². The SMILES string of the molecule is CC(C)(CCOC(C)(N)C(C)(C)COC(C)(C)CCOCC(O)COCCCCO)OCCOCC(O)COCCc1cccs1. The van der Waals surface area contributed by atoms with Gasteiger partial charge in [-0.15, -0.1) is 11.3 Å². The third kappa shape index (κ3) is 20.6. The van der Waals surface area contributed by atoms with E-state index in [-0.39, 0.29) is 33.0 Å². The molecule has 1 rings (SSSR count). The quantitative estimate of drug-likeness (QED) is 0.0692. The largest absolute Gasteiger partial charge is 0.396 e. The van der Waals surface area contributed by atoms with Crippen molar-refractivity contribution >= 4 is 11.3 Å². The summed E-state index contributed by atoms with van der Waals surface area (Å²) in [6, 6.07) is 4.10. The van der Waals surface area contributed by atoms with Gasteiger partial charge in [-0.2, -0.15) is 0 Å². The van der Waals surface area contributed by atoms with E-state index < -0.39 is 34.6 Å². The Kier molecular flexibility index (Phi) is 21.5. The summed E-state index contributed by atoms with van der Waals surface area (Å²) >= 11 is 1.70. The fourth-order valence-corrected chi connectivity index (χ4v) is 4.67. The fourth-order valence-electron chi connectivity index (χ4n) is 3.98. The van der Waals surface area contributed by atoms with Crippen LogP contribution in [0.25, 0.3) is 0 Å². The number of nitrogens with two attached hydrogens (primary N) is 1.